The van der Waals surface area contributed by atoms with E-state index < -0.39 is 47.8 Å². The van der Waals surface area contributed by atoms with Crippen LogP contribution in [0.4, 0.5) is 0 Å². The zero-order valence-electron chi connectivity index (χ0n) is 86.7. The number of aryl methyl sites for hydroxylation is 11. The largest absolute Gasteiger partial charge is 0.426 e. The van der Waals surface area contributed by atoms with E-state index in [9.17, 15) is 62.3 Å². The van der Waals surface area contributed by atoms with Crippen LogP contribution in [0.3, 0.4) is 0 Å². The number of rotatable bonds is 35. The molecule has 762 valence electrons. The van der Waals surface area contributed by atoms with E-state index in [4.69, 9.17) is 42.6 Å². The molecule has 0 aromatic heterocycles. The predicted octanol–water partition coefficient (Wildman–Crippen LogP) is 21.7. The molecule has 0 bridgehead atoms. The van der Waals surface area contributed by atoms with Crippen molar-refractivity contribution in [2.24, 2.45) is 23.7 Å². The Morgan fingerprint density at radius 1 is 0.296 bits per heavy atom. The number of ketones is 1. The number of likely N-dealkylation sites (tertiary alicyclic amines) is 1. The van der Waals surface area contributed by atoms with Gasteiger partial charge in [0.05, 0.1) is 6.04 Å². The smallest absolute Gasteiger partial charge is 0.308 e. The molecule has 3 saturated carbocycles. The average Bonchev–Trinajstić information content (AvgIpc) is 1.17. The fraction of sp³-hybridized carbons (Fsp3) is 0.474. The molecule has 0 radical (unpaired) electrons. The molecule has 3 aliphatic carbocycles. The highest BCUT2D eigenvalue weighted by Crippen LogP contribution is 2.41. The van der Waals surface area contributed by atoms with E-state index in [0.717, 1.165) is 156 Å². The minimum Gasteiger partial charge on any atom is -0.426 e. The molecule has 0 N–H and O–H groups in total. The van der Waals surface area contributed by atoms with E-state index in [-0.39, 0.29) is 93.6 Å². The van der Waals surface area contributed by atoms with Crippen LogP contribution in [0.2, 0.25) is 0 Å². The van der Waals surface area contributed by atoms with Crippen molar-refractivity contribution < 1.29 is 105 Å². The molecule has 3 amide bonds. The zero-order valence-corrected chi connectivity index (χ0v) is 86.7. The highest BCUT2D eigenvalue weighted by atomic mass is 16.6. The van der Waals surface area contributed by atoms with Gasteiger partial charge in [0.15, 0.2) is 46.0 Å². The SMILES string of the molecule is CC(=O)Oc1ccc(CCC(=O)C2CCCN2Cc2ccc(C)c(C)c2)cc1OC(C)=O.CC(=O)Oc1ccc(CCCC2CCCC(CN(Cc3ccc(OC(C)=O)c(OC(C)=O)c3)C(C)=O)C2)cc1C.CC(=O)Oc1ccc(CC[C@H]2CCCCC2N(Cc2ccc(C)c(C)c2)C(C)=O)cc1OC(C)=O.CC(=O)Oc1ccc(CN(C(C)=O)C2CCC(CCc3ccc(C)c(C)c3)CC2)cc1OC(C)=O. The summed E-state index contributed by atoms with van der Waals surface area (Å²) in [5.74, 6) is 0.442. The Kier molecular flexibility index (Phi) is 44.0. The molecule has 8 aromatic rings. The van der Waals surface area contributed by atoms with Gasteiger partial charge >= 0.3 is 53.7 Å². The van der Waals surface area contributed by atoms with Gasteiger partial charge in [0, 0.05) is 134 Å². The Labute approximate surface area is 838 Å². The molecular weight excluding hydrogens is 1800 g/mol. The van der Waals surface area contributed by atoms with Gasteiger partial charge in [-0.3, -0.25) is 67.2 Å². The Hall–Kier alpha value is -13.0. The summed E-state index contributed by atoms with van der Waals surface area (Å²) in [4.78, 5) is 162. The van der Waals surface area contributed by atoms with Crippen LogP contribution >= 0.6 is 0 Å². The van der Waals surface area contributed by atoms with Crippen molar-refractivity contribution in [2.45, 2.75) is 324 Å². The second-order valence-electron chi connectivity index (χ2n) is 38.8. The zero-order chi connectivity index (χ0) is 104. The third-order valence-electron chi connectivity index (χ3n) is 27.0. The highest BCUT2D eigenvalue weighted by Gasteiger charge is 2.35. The van der Waals surface area contributed by atoms with E-state index in [0.29, 0.717) is 68.4 Å². The number of hydrogen-bond donors (Lipinski definition) is 0. The molecule has 26 heteroatoms. The first-order valence-corrected chi connectivity index (χ1v) is 50.0. The number of esters is 9. The lowest BCUT2D eigenvalue weighted by Crippen LogP contribution is -2.44. The van der Waals surface area contributed by atoms with Crippen LogP contribution in [-0.2, 0) is 114 Å². The fourth-order valence-corrected chi connectivity index (χ4v) is 19.6. The molecule has 5 atom stereocenters. The number of hydrogen-bond acceptors (Lipinski definition) is 23. The summed E-state index contributed by atoms with van der Waals surface area (Å²) in [5.41, 5.74) is 17.2. The van der Waals surface area contributed by atoms with Gasteiger partial charge in [0.2, 0.25) is 17.7 Å². The normalized spacial score (nSPS) is 16.9. The number of carbonyl (C=O) groups excluding carboxylic acids is 13. The van der Waals surface area contributed by atoms with Crippen molar-refractivity contribution in [3.05, 3.63) is 229 Å². The van der Waals surface area contributed by atoms with Crippen molar-refractivity contribution >= 4 is 77.2 Å². The van der Waals surface area contributed by atoms with Gasteiger partial charge in [-0.1, -0.05) is 123 Å². The van der Waals surface area contributed by atoms with E-state index in [1.165, 1.54) is 137 Å². The summed E-state index contributed by atoms with van der Waals surface area (Å²) < 4.78 is 46.8. The minimum absolute atomic E-state index is 0.00667. The van der Waals surface area contributed by atoms with Crippen LogP contribution in [-0.4, -0.2) is 128 Å². The minimum atomic E-state index is -0.517. The molecule has 1 heterocycles. The van der Waals surface area contributed by atoms with Gasteiger partial charge in [-0.05, 0) is 326 Å². The quantitative estimate of drug-likeness (QED) is 0.0263. The predicted molar refractivity (Wildman–Crippen MR) is 543 cm³/mol. The first kappa shape index (κ1) is 113. The van der Waals surface area contributed by atoms with Crippen molar-refractivity contribution in [2.75, 3.05) is 13.1 Å². The van der Waals surface area contributed by atoms with Crippen LogP contribution in [0.15, 0.2) is 146 Å². The number of Topliss-reactive ketones (excluding diaryl/α,β-unsaturated/α-hetero) is 1. The summed E-state index contributed by atoms with van der Waals surface area (Å²) in [5, 5.41) is 0. The van der Waals surface area contributed by atoms with Crippen LogP contribution in [0, 0.1) is 72.1 Å². The van der Waals surface area contributed by atoms with Crippen molar-refractivity contribution in [3.8, 4) is 51.7 Å². The van der Waals surface area contributed by atoms with Gasteiger partial charge in [-0.15, -0.1) is 0 Å². The molecule has 12 rings (SSSR count). The lowest BCUT2D eigenvalue weighted by Gasteiger charge is -2.40. The summed E-state index contributed by atoms with van der Waals surface area (Å²) in [7, 11) is 0. The number of benzene rings is 8. The van der Waals surface area contributed by atoms with E-state index >= 15 is 0 Å². The Morgan fingerprint density at radius 2 is 0.669 bits per heavy atom. The number of amides is 3. The van der Waals surface area contributed by atoms with Crippen molar-refractivity contribution in [3.63, 3.8) is 0 Å². The number of carbonyl (C=O) groups is 13. The van der Waals surface area contributed by atoms with Gasteiger partial charge in [-0.2, -0.15) is 0 Å². The van der Waals surface area contributed by atoms with E-state index in [1.54, 1.807) is 87.5 Å². The second kappa shape index (κ2) is 55.4. The lowest BCUT2D eigenvalue weighted by atomic mass is 9.78. The summed E-state index contributed by atoms with van der Waals surface area (Å²) in [6.07, 6.45) is 23.2. The molecule has 0 spiro atoms. The maximum absolute atomic E-state index is 13.0. The lowest BCUT2D eigenvalue weighted by molar-refractivity contribution is -0.134. The maximum Gasteiger partial charge on any atom is 0.308 e. The van der Waals surface area contributed by atoms with Crippen molar-refractivity contribution in [1.29, 1.82) is 0 Å². The van der Waals surface area contributed by atoms with Gasteiger partial charge in [0.25, 0.3) is 0 Å². The highest BCUT2D eigenvalue weighted by molar-refractivity contribution is 5.85. The fourth-order valence-electron chi connectivity index (χ4n) is 19.6. The van der Waals surface area contributed by atoms with Crippen LogP contribution in [0.5, 0.6) is 51.7 Å². The van der Waals surface area contributed by atoms with Gasteiger partial charge < -0.3 is 57.3 Å². The molecule has 4 aliphatic rings. The Balaban J connectivity index is 0.000000212. The van der Waals surface area contributed by atoms with Gasteiger partial charge in [0.1, 0.15) is 11.5 Å². The monoisotopic (exact) mass is 1950 g/mol. The molecule has 4 unspecified atom stereocenters. The molecule has 142 heavy (non-hydrogen) atoms. The average molecular weight is 1950 g/mol. The van der Waals surface area contributed by atoms with Gasteiger partial charge in [-0.25, -0.2) is 0 Å². The van der Waals surface area contributed by atoms with E-state index in [2.05, 4.69) is 112 Å². The molecular formula is C116H146N4O22. The third kappa shape index (κ3) is 37.2. The summed E-state index contributed by atoms with van der Waals surface area (Å²) in [6.45, 7) is 35.1. The molecule has 4 fully saturated rings. The van der Waals surface area contributed by atoms with E-state index in [1.807, 2.05) is 34.9 Å². The molecule has 26 nitrogen and oxygen atoms in total. The second-order valence-corrected chi connectivity index (χ2v) is 38.8. The first-order chi connectivity index (χ1) is 67.5. The Bertz CT molecular complexity index is 5770. The Morgan fingerprint density at radius 3 is 1.15 bits per heavy atom. The molecule has 1 aliphatic heterocycles. The number of nitrogens with zero attached hydrogens (tertiary/aromatic N) is 4. The third-order valence-corrected chi connectivity index (χ3v) is 27.0. The standard InChI is InChI=1S/C32H41NO7.2C29H37NO5.C26H31NO5/c1-21-16-27(12-14-30(21)38-23(3)35)10-6-8-26-9-7-11-28(17-26)19-33(22(2)34)20-29-13-15-31(39-24(4)36)32(18-29)40-25(5)37;1-19-6-7-25(16-20(19)2)9-8-24-10-13-27(14-11-24)30(21(3)31)18-26-12-15-28(34-22(4)32)29(17-26)35-23(5)33;1-19-10-11-25(16-20(19)2)18-30(21(3)31)27-9-7-6-8-26(27)14-12-24-13-15-28(34-22(4)32)29(17-24)35-23(5)33;1-17-7-8-22(14-18(17)2)16-27-13-5-6-23(27)24(30)11-9-21-10-12-25(31-19(3)28)26(15-21)32-20(4)29/h12-16,18,26,28H,6-11,17,19-20H2,1-5H3;6-7,12,15-17,24,27H,8-11,13-14,18H2,1-5H3;10-11,13,15-17,26-27H,6-9,12,14,18H2,1-5H3;7-8,10,12,14-15,23H,5-6,9,11,13,16H2,1-4H3/t;;26-,27?;/m..1./s1. The van der Waals surface area contributed by atoms with Crippen LogP contribution in [0.25, 0.3) is 0 Å². The summed E-state index contributed by atoms with van der Waals surface area (Å²) >= 11 is 0. The molecule has 8 aromatic carbocycles. The molecule has 1 saturated heterocycles. The first-order valence-electron chi connectivity index (χ1n) is 50.0. The van der Waals surface area contributed by atoms with Crippen LogP contribution < -0.4 is 42.6 Å². The summed E-state index contributed by atoms with van der Waals surface area (Å²) in [6, 6.07) is 46.5. The topological polar surface area (TPSA) is 318 Å². The number of ether oxygens (including phenoxy) is 9. The van der Waals surface area contributed by atoms with Crippen molar-refractivity contribution in [1.82, 2.24) is 19.6 Å². The maximum atomic E-state index is 13.0. The van der Waals surface area contributed by atoms with Crippen LogP contribution in [0.1, 0.15) is 289 Å².